The highest BCUT2D eigenvalue weighted by Crippen LogP contribution is 2.13. The lowest BCUT2D eigenvalue weighted by Gasteiger charge is -2.14. The first kappa shape index (κ1) is 43.6. The van der Waals surface area contributed by atoms with Crippen molar-refractivity contribution in [1.29, 1.82) is 0 Å². The number of unbranched alkanes of at least 4 members (excludes halogenated alkanes) is 8. The summed E-state index contributed by atoms with van der Waals surface area (Å²) in [7, 11) is 0. The molecule has 0 aromatic rings. The Morgan fingerprint density at radius 2 is 1.11 bits per heavy atom. The number of allylic oxidation sites excluding steroid dienone is 13. The summed E-state index contributed by atoms with van der Waals surface area (Å²) >= 11 is 0. The molecule has 1 atom stereocenters. The van der Waals surface area contributed by atoms with Gasteiger partial charge in [-0.2, -0.15) is 0 Å². The lowest BCUT2D eigenvalue weighted by atomic mass is 10.1. The highest BCUT2D eigenvalue weighted by Gasteiger charge is 2.12. The second kappa shape index (κ2) is 35.4. The molecular formula is C41H65NO5. The van der Waals surface area contributed by atoms with Crippen molar-refractivity contribution < 1.29 is 24.2 Å². The molecule has 264 valence electrons. The smallest absolute Gasteiger partial charge is 0.322 e. The van der Waals surface area contributed by atoms with E-state index in [-0.39, 0.29) is 30.9 Å². The number of hydrogen-bond donors (Lipinski definition) is 2. The topological polar surface area (TPSA) is 92.7 Å². The van der Waals surface area contributed by atoms with Crippen LogP contribution in [0.3, 0.4) is 0 Å². The van der Waals surface area contributed by atoms with E-state index in [1.807, 2.05) is 12.2 Å². The fourth-order valence-electron chi connectivity index (χ4n) is 4.59. The van der Waals surface area contributed by atoms with E-state index in [0.29, 0.717) is 25.7 Å². The van der Waals surface area contributed by atoms with Gasteiger partial charge in [-0.3, -0.25) is 14.4 Å². The quantitative estimate of drug-likeness (QED) is 0.0442. The fourth-order valence-corrected chi connectivity index (χ4v) is 4.59. The average molecular weight is 652 g/mol. The molecule has 0 aliphatic rings. The predicted octanol–water partition coefficient (Wildman–Crippen LogP) is 10.8. The maximum absolute atomic E-state index is 12.6. The van der Waals surface area contributed by atoms with Crippen molar-refractivity contribution >= 4 is 17.8 Å². The summed E-state index contributed by atoms with van der Waals surface area (Å²) in [5.74, 6) is -1.51. The number of esters is 1. The average Bonchev–Trinajstić information content (AvgIpc) is 3.05. The number of carbonyl (C=O) groups is 3. The molecule has 0 heterocycles. The van der Waals surface area contributed by atoms with Gasteiger partial charge >= 0.3 is 11.9 Å². The number of carbonyl (C=O) groups excluding carboxylic acids is 2. The minimum Gasteiger partial charge on any atom is -0.480 e. The second-order valence-corrected chi connectivity index (χ2v) is 11.7. The zero-order chi connectivity index (χ0) is 34.5. The van der Waals surface area contributed by atoms with Crippen LogP contribution in [0.15, 0.2) is 85.1 Å². The normalized spacial score (nSPS) is 13.1. The first-order chi connectivity index (χ1) is 23.0. The zero-order valence-electron chi connectivity index (χ0n) is 29.6. The first-order valence-electron chi connectivity index (χ1n) is 18.2. The molecule has 0 saturated carbocycles. The first-order valence-corrected chi connectivity index (χ1v) is 18.2. The van der Waals surface area contributed by atoms with Crippen LogP contribution in [-0.2, 0) is 19.1 Å². The third kappa shape index (κ3) is 35.3. The van der Waals surface area contributed by atoms with Crippen molar-refractivity contribution in [3.05, 3.63) is 85.1 Å². The standard InChI is InChI=1S/C41H65NO5/c1-3-5-7-9-11-13-15-17-19-21-23-25-27-29-33-38(34-31-32-35-39(43)42-37-40(44)45)47-41(46)36-30-28-26-24-22-20-18-16-14-12-10-8-6-4-2/h5,7,10-13,16-19,23,25,29,33,38H,3-4,6,8-9,14-15,20-22,24,26-28,30-32,34-37H2,1-2H3,(H,42,43)(H,44,45)/b7-5-,12-10-,13-11-,18-16-,19-17-,25-23-,33-29-. The summed E-state index contributed by atoms with van der Waals surface area (Å²) in [4.78, 5) is 35.0. The minimum atomic E-state index is -1.06. The number of carboxylic acids is 1. The molecule has 0 saturated heterocycles. The number of aliphatic carboxylic acids is 1. The Hall–Kier alpha value is -3.41. The summed E-state index contributed by atoms with van der Waals surface area (Å²) in [6, 6.07) is 0. The molecule has 1 unspecified atom stereocenters. The maximum atomic E-state index is 12.6. The van der Waals surface area contributed by atoms with Crippen LogP contribution in [0.5, 0.6) is 0 Å². The van der Waals surface area contributed by atoms with E-state index in [1.54, 1.807) is 0 Å². The van der Waals surface area contributed by atoms with Crippen LogP contribution >= 0.6 is 0 Å². The van der Waals surface area contributed by atoms with E-state index in [1.165, 1.54) is 32.1 Å². The van der Waals surface area contributed by atoms with Crippen LogP contribution < -0.4 is 5.32 Å². The Morgan fingerprint density at radius 3 is 1.70 bits per heavy atom. The summed E-state index contributed by atoms with van der Waals surface area (Å²) in [6.45, 7) is 3.99. The van der Waals surface area contributed by atoms with Gasteiger partial charge in [0.2, 0.25) is 5.91 Å². The number of rotatable bonds is 31. The predicted molar refractivity (Wildman–Crippen MR) is 198 cm³/mol. The number of carboxylic acid groups (broad SMARTS) is 1. The molecule has 0 bridgehead atoms. The number of nitrogens with one attached hydrogen (secondary N) is 1. The monoisotopic (exact) mass is 651 g/mol. The molecule has 0 rings (SSSR count). The van der Waals surface area contributed by atoms with Gasteiger partial charge in [-0.1, -0.05) is 125 Å². The van der Waals surface area contributed by atoms with Crippen LogP contribution in [-0.4, -0.2) is 35.6 Å². The van der Waals surface area contributed by atoms with Crippen LogP contribution in [0.25, 0.3) is 0 Å². The third-order valence-electron chi connectivity index (χ3n) is 7.29. The van der Waals surface area contributed by atoms with Gasteiger partial charge in [0.1, 0.15) is 12.6 Å². The molecule has 0 aromatic heterocycles. The molecule has 6 nitrogen and oxygen atoms in total. The summed E-state index contributed by atoms with van der Waals surface area (Å²) in [5.41, 5.74) is 0. The Bertz CT molecular complexity index is 986. The van der Waals surface area contributed by atoms with Crippen LogP contribution in [0.4, 0.5) is 0 Å². The van der Waals surface area contributed by atoms with E-state index < -0.39 is 5.97 Å². The number of hydrogen-bond acceptors (Lipinski definition) is 4. The molecule has 0 aliphatic carbocycles. The van der Waals surface area contributed by atoms with E-state index >= 15 is 0 Å². The van der Waals surface area contributed by atoms with Gasteiger partial charge in [0.25, 0.3) is 0 Å². The molecular weight excluding hydrogens is 586 g/mol. The Morgan fingerprint density at radius 1 is 0.596 bits per heavy atom. The lowest BCUT2D eigenvalue weighted by Crippen LogP contribution is -2.28. The minimum absolute atomic E-state index is 0.176. The van der Waals surface area contributed by atoms with Crippen molar-refractivity contribution in [2.45, 2.75) is 148 Å². The second-order valence-electron chi connectivity index (χ2n) is 11.7. The number of amides is 1. The Labute approximate surface area is 286 Å². The summed E-state index contributed by atoms with van der Waals surface area (Å²) in [6.07, 6.45) is 48.4. The maximum Gasteiger partial charge on any atom is 0.322 e. The Balaban J connectivity index is 4.42. The van der Waals surface area contributed by atoms with Crippen molar-refractivity contribution in [1.82, 2.24) is 5.32 Å². The molecule has 47 heavy (non-hydrogen) atoms. The molecule has 0 aromatic carbocycles. The number of ether oxygens (including phenoxy) is 1. The van der Waals surface area contributed by atoms with Gasteiger partial charge < -0.3 is 15.2 Å². The SMILES string of the molecule is CC/C=C\C/C=C\C/C=C\C/C=C\C/C=C\C(CCCCC(=O)NCC(=O)O)OC(=O)CCCCCCC/C=C\C/C=C\CCCC. The lowest BCUT2D eigenvalue weighted by molar-refractivity contribution is -0.147. The summed E-state index contributed by atoms with van der Waals surface area (Å²) < 4.78 is 5.80. The fraction of sp³-hybridized carbons (Fsp3) is 0.585. The van der Waals surface area contributed by atoms with Gasteiger partial charge in [-0.05, 0) is 89.5 Å². The van der Waals surface area contributed by atoms with E-state index in [9.17, 15) is 14.4 Å². The van der Waals surface area contributed by atoms with Crippen molar-refractivity contribution in [2.24, 2.45) is 0 Å². The molecule has 6 heteroatoms. The van der Waals surface area contributed by atoms with Crippen molar-refractivity contribution in [3.8, 4) is 0 Å². The largest absolute Gasteiger partial charge is 0.480 e. The molecule has 1 amide bonds. The van der Waals surface area contributed by atoms with Crippen LogP contribution in [0.1, 0.15) is 142 Å². The molecule has 0 radical (unpaired) electrons. The Kier molecular flexibility index (Phi) is 32.9. The molecule has 0 aliphatic heterocycles. The zero-order valence-corrected chi connectivity index (χ0v) is 29.6. The summed E-state index contributed by atoms with van der Waals surface area (Å²) in [5, 5.41) is 11.1. The van der Waals surface area contributed by atoms with Crippen LogP contribution in [0.2, 0.25) is 0 Å². The molecule has 2 N–H and O–H groups in total. The van der Waals surface area contributed by atoms with Gasteiger partial charge in [-0.25, -0.2) is 0 Å². The van der Waals surface area contributed by atoms with Gasteiger partial charge in [0.05, 0.1) is 0 Å². The highest BCUT2D eigenvalue weighted by molar-refractivity contribution is 5.80. The van der Waals surface area contributed by atoms with E-state index in [2.05, 4.69) is 92.1 Å². The third-order valence-corrected chi connectivity index (χ3v) is 7.29. The van der Waals surface area contributed by atoms with E-state index in [0.717, 1.165) is 64.2 Å². The van der Waals surface area contributed by atoms with Crippen molar-refractivity contribution in [3.63, 3.8) is 0 Å². The van der Waals surface area contributed by atoms with Crippen molar-refractivity contribution in [2.75, 3.05) is 6.54 Å². The highest BCUT2D eigenvalue weighted by atomic mass is 16.5. The van der Waals surface area contributed by atoms with Gasteiger partial charge in [0, 0.05) is 12.8 Å². The van der Waals surface area contributed by atoms with E-state index in [4.69, 9.17) is 9.84 Å². The van der Waals surface area contributed by atoms with Gasteiger partial charge in [0.15, 0.2) is 0 Å². The molecule has 0 spiro atoms. The molecule has 0 fully saturated rings. The van der Waals surface area contributed by atoms with Gasteiger partial charge in [-0.15, -0.1) is 0 Å². The van der Waals surface area contributed by atoms with Crippen LogP contribution in [0, 0.1) is 0 Å².